The normalized spacial score (nSPS) is 18.0. The molecule has 0 bridgehead atoms. The maximum absolute atomic E-state index is 5.94. The molecule has 0 N–H and O–H groups in total. The molecule has 0 rings (SSSR count). The van der Waals surface area contributed by atoms with Gasteiger partial charge in [0.15, 0.2) is 9.04 Å². The second kappa shape index (κ2) is 3.98. The minimum absolute atomic E-state index is 0.486. The van der Waals surface area contributed by atoms with Crippen LogP contribution in [0, 0.1) is 0 Å². The zero-order valence-corrected chi connectivity index (χ0v) is 9.62. The van der Waals surface area contributed by atoms with Gasteiger partial charge in [-0.15, -0.1) is 22.7 Å². The summed E-state index contributed by atoms with van der Waals surface area (Å²) in [6, 6.07) is 0. The molecule has 0 aromatic rings. The standard InChI is InChI=1S/C4H12Cl2OSi2/c1-8(2)7-9(3,6)4-5/h8H,4H2,1-3H3. The zero-order chi connectivity index (χ0) is 7.49. The van der Waals surface area contributed by atoms with E-state index in [4.69, 9.17) is 26.8 Å². The molecule has 0 saturated carbocycles. The van der Waals surface area contributed by atoms with Crippen molar-refractivity contribution in [2.75, 3.05) is 5.50 Å². The maximum atomic E-state index is 5.94. The van der Waals surface area contributed by atoms with Gasteiger partial charge in [-0.05, 0) is 19.6 Å². The SMILES string of the molecule is C[SiH](C)O[Si](C)(Cl)CCl. The summed E-state index contributed by atoms with van der Waals surface area (Å²) >= 11 is 11.5. The van der Waals surface area contributed by atoms with Crippen LogP contribution in [0.15, 0.2) is 0 Å². The third kappa shape index (κ3) is 5.42. The van der Waals surface area contributed by atoms with E-state index in [1.807, 2.05) is 6.55 Å². The summed E-state index contributed by atoms with van der Waals surface area (Å²) in [4.78, 5) is 0. The summed E-state index contributed by atoms with van der Waals surface area (Å²) < 4.78 is 5.50. The van der Waals surface area contributed by atoms with Crippen molar-refractivity contribution in [1.29, 1.82) is 0 Å². The Morgan fingerprint density at radius 1 is 1.56 bits per heavy atom. The molecule has 0 saturated heterocycles. The molecule has 0 spiro atoms. The van der Waals surface area contributed by atoms with E-state index in [0.29, 0.717) is 5.50 Å². The van der Waals surface area contributed by atoms with Crippen LogP contribution in [0.25, 0.3) is 0 Å². The lowest BCUT2D eigenvalue weighted by Gasteiger charge is -2.19. The number of alkyl halides is 1. The minimum Gasteiger partial charge on any atom is -0.447 e. The molecule has 0 heterocycles. The van der Waals surface area contributed by atoms with Crippen LogP contribution in [0.3, 0.4) is 0 Å². The molecule has 0 amide bonds. The molecule has 9 heavy (non-hydrogen) atoms. The highest BCUT2D eigenvalue weighted by atomic mass is 35.6. The van der Waals surface area contributed by atoms with Crippen molar-refractivity contribution in [1.82, 2.24) is 0 Å². The Hall–Kier alpha value is 0.974. The van der Waals surface area contributed by atoms with E-state index < -0.39 is 16.7 Å². The number of rotatable bonds is 3. The largest absolute Gasteiger partial charge is 0.447 e. The summed E-state index contributed by atoms with van der Waals surface area (Å²) in [5.41, 5.74) is 0.486. The van der Waals surface area contributed by atoms with E-state index in [0.717, 1.165) is 0 Å². The summed E-state index contributed by atoms with van der Waals surface area (Å²) in [6.45, 7) is 6.12. The lowest BCUT2D eigenvalue weighted by molar-refractivity contribution is 0.597. The molecule has 1 nitrogen and oxygen atoms in total. The first-order valence-corrected chi connectivity index (χ1v) is 9.85. The molecule has 5 heteroatoms. The second-order valence-electron chi connectivity index (χ2n) is 2.40. The van der Waals surface area contributed by atoms with E-state index in [1.54, 1.807) is 0 Å². The Morgan fingerprint density at radius 2 is 2.00 bits per heavy atom. The first kappa shape index (κ1) is 9.97. The first-order chi connectivity index (χ1) is 3.98. The van der Waals surface area contributed by atoms with Crippen LogP contribution < -0.4 is 0 Å². The highest BCUT2D eigenvalue weighted by Crippen LogP contribution is 2.13. The molecule has 1 atom stereocenters. The molecular weight excluding hydrogens is 191 g/mol. The van der Waals surface area contributed by atoms with Crippen LogP contribution in [0.5, 0.6) is 0 Å². The lowest BCUT2D eigenvalue weighted by Crippen LogP contribution is -2.35. The zero-order valence-electron chi connectivity index (χ0n) is 5.95. The van der Waals surface area contributed by atoms with Crippen LogP contribution in [0.1, 0.15) is 0 Å². The van der Waals surface area contributed by atoms with Crippen molar-refractivity contribution in [2.45, 2.75) is 19.6 Å². The predicted molar refractivity (Wildman–Crippen MR) is 48.2 cm³/mol. The van der Waals surface area contributed by atoms with Gasteiger partial charge in [-0.1, -0.05) is 0 Å². The van der Waals surface area contributed by atoms with Gasteiger partial charge in [-0.25, -0.2) is 0 Å². The van der Waals surface area contributed by atoms with Crippen molar-refractivity contribution < 1.29 is 4.12 Å². The molecule has 0 aromatic carbocycles. The van der Waals surface area contributed by atoms with E-state index >= 15 is 0 Å². The fraction of sp³-hybridized carbons (Fsp3) is 1.00. The summed E-state index contributed by atoms with van der Waals surface area (Å²) in [6.07, 6.45) is 0. The van der Waals surface area contributed by atoms with Gasteiger partial charge in [0.25, 0.3) is 7.63 Å². The van der Waals surface area contributed by atoms with Crippen molar-refractivity contribution in [3.63, 3.8) is 0 Å². The molecule has 0 aromatic heterocycles. The van der Waals surface area contributed by atoms with E-state index in [-0.39, 0.29) is 0 Å². The fourth-order valence-electron chi connectivity index (χ4n) is 0.523. The van der Waals surface area contributed by atoms with Crippen LogP contribution in [0.2, 0.25) is 19.6 Å². The highest BCUT2D eigenvalue weighted by molar-refractivity contribution is 7.19. The third-order valence-corrected chi connectivity index (χ3v) is 8.19. The molecule has 1 unspecified atom stereocenters. The lowest BCUT2D eigenvalue weighted by atomic mass is 11.9. The van der Waals surface area contributed by atoms with Crippen LogP contribution >= 0.6 is 22.7 Å². The molecular formula is C4H12Cl2OSi2. The van der Waals surface area contributed by atoms with Gasteiger partial charge in [-0.3, -0.25) is 0 Å². The third-order valence-electron chi connectivity index (χ3n) is 0.720. The monoisotopic (exact) mass is 202 g/mol. The quantitative estimate of drug-likeness (QED) is 0.387. The van der Waals surface area contributed by atoms with Crippen LogP contribution in [-0.2, 0) is 4.12 Å². The fourth-order valence-corrected chi connectivity index (χ4v) is 6.88. The summed E-state index contributed by atoms with van der Waals surface area (Å²) in [5, 5.41) is 0. The highest BCUT2D eigenvalue weighted by Gasteiger charge is 2.25. The van der Waals surface area contributed by atoms with Gasteiger partial charge in [0.2, 0.25) is 0 Å². The molecule has 0 fully saturated rings. The van der Waals surface area contributed by atoms with Crippen molar-refractivity contribution in [2.24, 2.45) is 0 Å². The summed E-state index contributed by atoms with van der Waals surface area (Å²) in [7, 11) is -2.91. The van der Waals surface area contributed by atoms with Gasteiger partial charge in [0, 0.05) is 0 Å². The Kier molecular flexibility index (Phi) is 4.41. The Labute approximate surface area is 68.9 Å². The number of hydrogen-bond acceptors (Lipinski definition) is 1. The molecule has 56 valence electrons. The first-order valence-electron chi connectivity index (χ1n) is 2.90. The van der Waals surface area contributed by atoms with Gasteiger partial charge < -0.3 is 4.12 Å². The Morgan fingerprint density at radius 3 is 2.11 bits per heavy atom. The van der Waals surface area contributed by atoms with Gasteiger partial charge in [0.1, 0.15) is 0 Å². The topological polar surface area (TPSA) is 9.23 Å². The average Bonchev–Trinajstić information content (AvgIpc) is 1.63. The maximum Gasteiger partial charge on any atom is 0.291 e. The Balaban J connectivity index is 3.58. The smallest absolute Gasteiger partial charge is 0.291 e. The van der Waals surface area contributed by atoms with E-state index in [2.05, 4.69) is 13.1 Å². The van der Waals surface area contributed by atoms with Gasteiger partial charge in [0.05, 0.1) is 5.50 Å². The summed E-state index contributed by atoms with van der Waals surface area (Å²) in [5.74, 6) is 0. The van der Waals surface area contributed by atoms with Gasteiger partial charge in [-0.2, -0.15) is 0 Å². The van der Waals surface area contributed by atoms with Crippen molar-refractivity contribution in [3.05, 3.63) is 0 Å². The number of hydrogen-bond donors (Lipinski definition) is 0. The molecule has 0 aliphatic carbocycles. The Bertz CT molecular complexity index is 86.6. The predicted octanol–water partition coefficient (Wildman–Crippen LogP) is 2.08. The van der Waals surface area contributed by atoms with E-state index in [1.165, 1.54) is 0 Å². The minimum atomic E-state index is -1.94. The van der Waals surface area contributed by atoms with Crippen molar-refractivity contribution >= 4 is 39.3 Å². The second-order valence-corrected chi connectivity index (χ2v) is 11.1. The van der Waals surface area contributed by atoms with Crippen LogP contribution in [-0.4, -0.2) is 22.2 Å². The van der Waals surface area contributed by atoms with E-state index in [9.17, 15) is 0 Å². The molecule has 0 aliphatic heterocycles. The number of halogens is 2. The van der Waals surface area contributed by atoms with Crippen LogP contribution in [0.4, 0.5) is 0 Å². The molecule has 0 aliphatic rings. The average molecular weight is 203 g/mol. The van der Waals surface area contributed by atoms with Gasteiger partial charge >= 0.3 is 0 Å². The molecule has 0 radical (unpaired) electrons. The van der Waals surface area contributed by atoms with Crippen molar-refractivity contribution in [3.8, 4) is 0 Å².